The SMILES string of the molecule is COc1ccc([C@@H](NC(=O)c2cnn(C)c2)c2ccccc2)cc1. The molecule has 3 aromatic rings. The van der Waals surface area contributed by atoms with Crippen LogP contribution in [0, 0.1) is 0 Å². The lowest BCUT2D eigenvalue weighted by Crippen LogP contribution is -2.29. The van der Waals surface area contributed by atoms with Crippen molar-refractivity contribution in [1.82, 2.24) is 15.1 Å². The highest BCUT2D eigenvalue weighted by atomic mass is 16.5. The van der Waals surface area contributed by atoms with E-state index in [4.69, 9.17) is 4.74 Å². The Hall–Kier alpha value is -3.08. The van der Waals surface area contributed by atoms with Crippen molar-refractivity contribution in [2.24, 2.45) is 7.05 Å². The van der Waals surface area contributed by atoms with E-state index in [1.165, 1.54) is 0 Å². The number of hydrogen-bond donors (Lipinski definition) is 1. The van der Waals surface area contributed by atoms with Crippen LogP contribution in [0.4, 0.5) is 0 Å². The van der Waals surface area contributed by atoms with Gasteiger partial charge in [0, 0.05) is 13.2 Å². The fourth-order valence-electron chi connectivity index (χ4n) is 2.55. The second-order valence-corrected chi connectivity index (χ2v) is 5.49. The number of aromatic nitrogens is 2. The van der Waals surface area contributed by atoms with Gasteiger partial charge in [-0.3, -0.25) is 9.48 Å². The Kier molecular flexibility index (Phi) is 4.61. The van der Waals surface area contributed by atoms with Gasteiger partial charge in [-0.15, -0.1) is 0 Å². The molecule has 0 aliphatic carbocycles. The number of nitrogens with zero attached hydrogens (tertiary/aromatic N) is 2. The Balaban J connectivity index is 1.91. The van der Waals surface area contributed by atoms with Gasteiger partial charge in [-0.2, -0.15) is 5.10 Å². The maximum Gasteiger partial charge on any atom is 0.255 e. The fraction of sp³-hybridized carbons (Fsp3) is 0.158. The number of benzene rings is 2. The molecule has 5 heteroatoms. The van der Waals surface area contributed by atoms with Crippen LogP contribution in [0.5, 0.6) is 5.75 Å². The van der Waals surface area contributed by atoms with E-state index in [2.05, 4.69) is 10.4 Å². The van der Waals surface area contributed by atoms with E-state index in [0.29, 0.717) is 5.56 Å². The van der Waals surface area contributed by atoms with Crippen LogP contribution >= 0.6 is 0 Å². The third-order valence-electron chi connectivity index (χ3n) is 3.82. The highest BCUT2D eigenvalue weighted by Gasteiger charge is 2.18. The molecule has 0 unspecified atom stereocenters. The lowest BCUT2D eigenvalue weighted by atomic mass is 9.98. The van der Waals surface area contributed by atoms with Gasteiger partial charge in [0.25, 0.3) is 5.91 Å². The first kappa shape index (κ1) is 15.8. The number of hydrogen-bond acceptors (Lipinski definition) is 3. The number of ether oxygens (including phenoxy) is 1. The normalized spacial score (nSPS) is 11.8. The van der Waals surface area contributed by atoms with E-state index in [1.807, 2.05) is 54.6 Å². The summed E-state index contributed by atoms with van der Waals surface area (Å²) >= 11 is 0. The Labute approximate surface area is 140 Å². The van der Waals surface area contributed by atoms with Crippen LogP contribution in [-0.4, -0.2) is 22.8 Å². The summed E-state index contributed by atoms with van der Waals surface area (Å²) in [5.74, 6) is 0.622. The predicted octanol–water partition coefficient (Wildman–Crippen LogP) is 2.95. The lowest BCUT2D eigenvalue weighted by Gasteiger charge is -2.20. The summed E-state index contributed by atoms with van der Waals surface area (Å²) < 4.78 is 6.82. The van der Waals surface area contributed by atoms with Gasteiger partial charge >= 0.3 is 0 Å². The molecule has 1 aromatic heterocycles. The van der Waals surface area contributed by atoms with E-state index in [9.17, 15) is 4.79 Å². The van der Waals surface area contributed by atoms with Crippen molar-refractivity contribution in [2.75, 3.05) is 7.11 Å². The largest absolute Gasteiger partial charge is 0.497 e. The average molecular weight is 321 g/mol. The van der Waals surface area contributed by atoms with Crippen molar-refractivity contribution in [1.29, 1.82) is 0 Å². The fourth-order valence-corrected chi connectivity index (χ4v) is 2.55. The predicted molar refractivity (Wildman–Crippen MR) is 92.0 cm³/mol. The monoisotopic (exact) mass is 321 g/mol. The van der Waals surface area contributed by atoms with Crippen molar-refractivity contribution in [3.05, 3.63) is 83.7 Å². The molecule has 0 aliphatic rings. The van der Waals surface area contributed by atoms with Gasteiger partial charge in [0.05, 0.1) is 24.9 Å². The molecule has 0 radical (unpaired) electrons. The number of carbonyl (C=O) groups is 1. The van der Waals surface area contributed by atoms with Crippen LogP contribution in [-0.2, 0) is 7.05 Å². The average Bonchev–Trinajstić information content (AvgIpc) is 3.07. The van der Waals surface area contributed by atoms with Crippen LogP contribution in [0.15, 0.2) is 67.0 Å². The molecule has 1 N–H and O–H groups in total. The van der Waals surface area contributed by atoms with Crippen molar-refractivity contribution in [3.63, 3.8) is 0 Å². The third kappa shape index (κ3) is 3.46. The molecule has 0 spiro atoms. The Morgan fingerprint density at radius 1 is 1.08 bits per heavy atom. The topological polar surface area (TPSA) is 56.1 Å². The standard InChI is InChI=1S/C19H19N3O2/c1-22-13-16(12-20-22)19(23)21-18(14-6-4-3-5-7-14)15-8-10-17(24-2)11-9-15/h3-13,18H,1-2H3,(H,21,23)/t18-/m0/s1. The van der Waals surface area contributed by atoms with Gasteiger partial charge in [0.1, 0.15) is 5.75 Å². The summed E-state index contributed by atoms with van der Waals surface area (Å²) in [7, 11) is 3.42. The van der Waals surface area contributed by atoms with E-state index in [-0.39, 0.29) is 11.9 Å². The first-order valence-electron chi connectivity index (χ1n) is 7.66. The van der Waals surface area contributed by atoms with Gasteiger partial charge in [-0.25, -0.2) is 0 Å². The highest BCUT2D eigenvalue weighted by Crippen LogP contribution is 2.24. The molecule has 2 aromatic carbocycles. The number of methoxy groups -OCH3 is 1. The van der Waals surface area contributed by atoms with Crippen LogP contribution < -0.4 is 10.1 Å². The molecular formula is C19H19N3O2. The van der Waals surface area contributed by atoms with Gasteiger partial charge in [-0.1, -0.05) is 42.5 Å². The molecule has 122 valence electrons. The molecule has 3 rings (SSSR count). The van der Waals surface area contributed by atoms with Crippen LogP contribution in [0.3, 0.4) is 0 Å². The molecule has 24 heavy (non-hydrogen) atoms. The Bertz CT molecular complexity index is 810. The molecule has 5 nitrogen and oxygen atoms in total. The zero-order valence-electron chi connectivity index (χ0n) is 13.6. The summed E-state index contributed by atoms with van der Waals surface area (Å²) in [5, 5.41) is 7.14. The number of aryl methyl sites for hydroxylation is 1. The molecule has 0 fully saturated rings. The molecule has 0 aliphatic heterocycles. The maximum atomic E-state index is 12.5. The first-order chi connectivity index (χ1) is 11.7. The molecule has 1 amide bonds. The number of amides is 1. The Morgan fingerprint density at radius 2 is 1.75 bits per heavy atom. The van der Waals surface area contributed by atoms with Crippen molar-refractivity contribution >= 4 is 5.91 Å². The molecule has 1 atom stereocenters. The minimum absolute atomic E-state index is 0.159. The molecule has 1 heterocycles. The van der Waals surface area contributed by atoms with E-state index in [1.54, 1.807) is 31.2 Å². The van der Waals surface area contributed by atoms with Crippen LogP contribution in [0.25, 0.3) is 0 Å². The van der Waals surface area contributed by atoms with Gasteiger partial charge in [0.2, 0.25) is 0 Å². The van der Waals surface area contributed by atoms with Gasteiger partial charge in [-0.05, 0) is 23.3 Å². The van der Waals surface area contributed by atoms with Gasteiger partial charge < -0.3 is 10.1 Å². The third-order valence-corrected chi connectivity index (χ3v) is 3.82. The summed E-state index contributed by atoms with van der Waals surface area (Å²) in [6.07, 6.45) is 3.26. The smallest absolute Gasteiger partial charge is 0.255 e. The summed E-state index contributed by atoms with van der Waals surface area (Å²) in [6.45, 7) is 0. The van der Waals surface area contributed by atoms with Crippen LogP contribution in [0.2, 0.25) is 0 Å². The minimum atomic E-state index is -0.246. The van der Waals surface area contributed by atoms with Gasteiger partial charge in [0.15, 0.2) is 0 Å². The minimum Gasteiger partial charge on any atom is -0.497 e. The second kappa shape index (κ2) is 7.00. The molecule has 0 bridgehead atoms. The zero-order valence-corrected chi connectivity index (χ0v) is 13.6. The van der Waals surface area contributed by atoms with E-state index >= 15 is 0 Å². The molecule has 0 saturated heterocycles. The summed E-state index contributed by atoms with van der Waals surface area (Å²) in [6, 6.07) is 17.3. The van der Waals surface area contributed by atoms with E-state index < -0.39 is 0 Å². The zero-order chi connectivity index (χ0) is 16.9. The van der Waals surface area contributed by atoms with Crippen molar-refractivity contribution < 1.29 is 9.53 Å². The lowest BCUT2D eigenvalue weighted by molar-refractivity contribution is 0.0943. The quantitative estimate of drug-likeness (QED) is 0.786. The van der Waals surface area contributed by atoms with E-state index in [0.717, 1.165) is 16.9 Å². The second-order valence-electron chi connectivity index (χ2n) is 5.49. The van der Waals surface area contributed by atoms with Crippen LogP contribution in [0.1, 0.15) is 27.5 Å². The number of nitrogens with one attached hydrogen (secondary N) is 1. The van der Waals surface area contributed by atoms with Crippen molar-refractivity contribution in [3.8, 4) is 5.75 Å². The molecule has 0 saturated carbocycles. The molecular weight excluding hydrogens is 302 g/mol. The number of rotatable bonds is 5. The number of carbonyl (C=O) groups excluding carboxylic acids is 1. The summed E-state index contributed by atoms with van der Waals surface area (Å²) in [5.41, 5.74) is 2.53. The summed E-state index contributed by atoms with van der Waals surface area (Å²) in [4.78, 5) is 12.5. The van der Waals surface area contributed by atoms with Crippen molar-refractivity contribution in [2.45, 2.75) is 6.04 Å². The highest BCUT2D eigenvalue weighted by molar-refractivity contribution is 5.94. The maximum absolute atomic E-state index is 12.5. The Morgan fingerprint density at radius 3 is 2.33 bits per heavy atom. The first-order valence-corrected chi connectivity index (χ1v) is 7.66.